The molecule has 0 radical (unpaired) electrons. The monoisotopic (exact) mass is 358 g/mol. The fourth-order valence-corrected chi connectivity index (χ4v) is 2.48. The molecule has 130 valence electrons. The van der Waals surface area contributed by atoms with E-state index < -0.39 is 11.9 Å². The van der Waals surface area contributed by atoms with Gasteiger partial charge in [0.25, 0.3) is 5.89 Å². The number of phenols is 1. The highest BCUT2D eigenvalue weighted by Crippen LogP contribution is 2.38. The molecular weight excluding hydrogens is 349 g/mol. The molecule has 6 nitrogen and oxygen atoms in total. The summed E-state index contributed by atoms with van der Waals surface area (Å²) in [6.07, 6.45) is -3.37. The molecule has 0 aliphatic rings. The number of aromatic nitrogens is 4. The largest absolute Gasteiger partial charge is 0.507 e. The van der Waals surface area contributed by atoms with Crippen LogP contribution in [0.4, 0.5) is 13.2 Å². The third-order valence-corrected chi connectivity index (χ3v) is 3.65. The van der Waals surface area contributed by atoms with Crippen LogP contribution in [0.15, 0.2) is 53.1 Å². The van der Waals surface area contributed by atoms with Crippen LogP contribution in [0.3, 0.4) is 0 Å². The van der Waals surface area contributed by atoms with Crippen LogP contribution in [0.1, 0.15) is 5.69 Å². The predicted octanol–water partition coefficient (Wildman–Crippen LogP) is 4.07. The highest BCUT2D eigenvalue weighted by Gasteiger charge is 2.38. The van der Waals surface area contributed by atoms with Crippen molar-refractivity contribution in [1.82, 2.24) is 20.2 Å². The van der Waals surface area contributed by atoms with Gasteiger partial charge in [-0.15, -0.1) is 10.2 Å². The Hall–Kier alpha value is -3.49. The molecule has 0 fully saturated rings. The molecule has 0 atom stereocenters. The van der Waals surface area contributed by atoms with E-state index in [1.807, 2.05) is 0 Å². The number of hydrogen-bond donors (Lipinski definition) is 1. The minimum atomic E-state index is -4.73. The van der Waals surface area contributed by atoms with Gasteiger partial charge in [0, 0.05) is 11.6 Å². The Kier molecular flexibility index (Phi) is 3.57. The number of para-hydroxylation sites is 1. The van der Waals surface area contributed by atoms with Crippen LogP contribution >= 0.6 is 0 Å². The SMILES string of the molecule is Oc1ccccc1-c1nnc(-c2cc3cccnc3nc2C(F)(F)F)o1. The summed E-state index contributed by atoms with van der Waals surface area (Å²) >= 11 is 0. The summed E-state index contributed by atoms with van der Waals surface area (Å²) in [7, 11) is 0. The highest BCUT2D eigenvalue weighted by molar-refractivity contribution is 5.80. The second-order valence-electron chi connectivity index (χ2n) is 5.36. The van der Waals surface area contributed by atoms with Crippen molar-refractivity contribution in [3.05, 3.63) is 54.4 Å². The molecule has 26 heavy (non-hydrogen) atoms. The first-order chi connectivity index (χ1) is 12.4. The quantitative estimate of drug-likeness (QED) is 0.581. The second-order valence-corrected chi connectivity index (χ2v) is 5.36. The van der Waals surface area contributed by atoms with Crippen LogP contribution in [0, 0.1) is 0 Å². The molecule has 0 saturated heterocycles. The van der Waals surface area contributed by atoms with Gasteiger partial charge in [0.1, 0.15) is 5.75 Å². The van der Waals surface area contributed by atoms with Crippen molar-refractivity contribution in [2.75, 3.05) is 0 Å². The van der Waals surface area contributed by atoms with Crippen LogP contribution in [-0.2, 0) is 6.18 Å². The number of fused-ring (bicyclic) bond motifs is 1. The Morgan fingerprint density at radius 3 is 2.38 bits per heavy atom. The molecule has 0 saturated carbocycles. The van der Waals surface area contributed by atoms with Crippen LogP contribution < -0.4 is 0 Å². The molecule has 4 rings (SSSR count). The summed E-state index contributed by atoms with van der Waals surface area (Å²) in [6.45, 7) is 0. The average molecular weight is 358 g/mol. The van der Waals surface area contributed by atoms with E-state index in [9.17, 15) is 18.3 Å². The number of rotatable bonds is 2. The number of alkyl halides is 3. The first-order valence-corrected chi connectivity index (χ1v) is 7.39. The van der Waals surface area contributed by atoms with Crippen molar-refractivity contribution in [3.63, 3.8) is 0 Å². The molecule has 0 bridgehead atoms. The predicted molar refractivity (Wildman–Crippen MR) is 84.9 cm³/mol. The van der Waals surface area contributed by atoms with E-state index in [4.69, 9.17) is 4.42 Å². The van der Waals surface area contributed by atoms with E-state index in [2.05, 4.69) is 20.2 Å². The zero-order valence-corrected chi connectivity index (χ0v) is 12.9. The molecule has 1 aromatic carbocycles. The summed E-state index contributed by atoms with van der Waals surface area (Å²) in [4.78, 5) is 7.45. The van der Waals surface area contributed by atoms with Gasteiger partial charge < -0.3 is 9.52 Å². The lowest BCUT2D eigenvalue weighted by molar-refractivity contribution is -0.140. The third-order valence-electron chi connectivity index (χ3n) is 3.65. The number of phenolic OH excluding ortho intramolecular Hbond substituents is 1. The Morgan fingerprint density at radius 2 is 1.65 bits per heavy atom. The maximum Gasteiger partial charge on any atom is 0.434 e. The van der Waals surface area contributed by atoms with Crippen LogP contribution in [0.5, 0.6) is 5.75 Å². The third kappa shape index (κ3) is 2.73. The summed E-state index contributed by atoms with van der Waals surface area (Å²) in [5, 5.41) is 17.7. The normalized spacial score (nSPS) is 11.8. The number of halogens is 3. The summed E-state index contributed by atoms with van der Waals surface area (Å²) in [6, 6.07) is 10.6. The van der Waals surface area contributed by atoms with Gasteiger partial charge in [-0.25, -0.2) is 9.97 Å². The summed E-state index contributed by atoms with van der Waals surface area (Å²) < 4.78 is 45.7. The van der Waals surface area contributed by atoms with Gasteiger partial charge in [0.15, 0.2) is 11.3 Å². The smallest absolute Gasteiger partial charge is 0.434 e. The van der Waals surface area contributed by atoms with Crippen molar-refractivity contribution >= 4 is 11.0 Å². The topological polar surface area (TPSA) is 84.9 Å². The zero-order chi connectivity index (χ0) is 18.3. The van der Waals surface area contributed by atoms with Gasteiger partial charge in [-0.05, 0) is 30.3 Å². The van der Waals surface area contributed by atoms with Crippen molar-refractivity contribution in [1.29, 1.82) is 0 Å². The first kappa shape index (κ1) is 16.0. The zero-order valence-electron chi connectivity index (χ0n) is 12.9. The molecule has 9 heteroatoms. The Balaban J connectivity index is 1.90. The number of benzene rings is 1. The first-order valence-electron chi connectivity index (χ1n) is 7.39. The van der Waals surface area contributed by atoms with E-state index in [1.165, 1.54) is 24.4 Å². The van der Waals surface area contributed by atoms with Gasteiger partial charge in [-0.1, -0.05) is 12.1 Å². The van der Waals surface area contributed by atoms with E-state index in [0.29, 0.717) is 5.39 Å². The average Bonchev–Trinajstić information content (AvgIpc) is 3.10. The molecule has 3 aromatic heterocycles. The van der Waals surface area contributed by atoms with Gasteiger partial charge >= 0.3 is 6.18 Å². The molecule has 0 amide bonds. The molecule has 0 aliphatic carbocycles. The lowest BCUT2D eigenvalue weighted by Gasteiger charge is -2.10. The lowest BCUT2D eigenvalue weighted by Crippen LogP contribution is -2.11. The molecular formula is C17H9F3N4O2. The fraction of sp³-hybridized carbons (Fsp3) is 0.0588. The number of pyridine rings is 2. The van der Waals surface area contributed by atoms with Crippen LogP contribution in [0.25, 0.3) is 33.9 Å². The summed E-state index contributed by atoms with van der Waals surface area (Å²) in [5.41, 5.74) is -1.34. The van der Waals surface area contributed by atoms with Crippen molar-refractivity contribution in [2.45, 2.75) is 6.18 Å². The molecule has 0 spiro atoms. The highest BCUT2D eigenvalue weighted by atomic mass is 19.4. The van der Waals surface area contributed by atoms with Gasteiger partial charge in [-0.3, -0.25) is 0 Å². The molecule has 0 aliphatic heterocycles. The summed E-state index contributed by atoms with van der Waals surface area (Å²) in [5.74, 6) is -0.578. The van der Waals surface area contributed by atoms with E-state index >= 15 is 0 Å². The van der Waals surface area contributed by atoms with Crippen LogP contribution in [0.2, 0.25) is 0 Å². The Bertz CT molecular complexity index is 1110. The minimum Gasteiger partial charge on any atom is -0.507 e. The lowest BCUT2D eigenvalue weighted by atomic mass is 10.1. The number of hydrogen-bond acceptors (Lipinski definition) is 6. The molecule has 0 unspecified atom stereocenters. The van der Waals surface area contributed by atoms with E-state index in [-0.39, 0.29) is 34.3 Å². The maximum absolute atomic E-state index is 13.4. The second kappa shape index (κ2) is 5.80. The van der Waals surface area contributed by atoms with Gasteiger partial charge in [0.05, 0.1) is 11.1 Å². The minimum absolute atomic E-state index is 0.0379. The van der Waals surface area contributed by atoms with Gasteiger partial charge in [0.2, 0.25) is 5.89 Å². The molecule has 1 N–H and O–H groups in total. The van der Waals surface area contributed by atoms with Gasteiger partial charge in [-0.2, -0.15) is 13.2 Å². The Morgan fingerprint density at radius 1 is 0.923 bits per heavy atom. The van der Waals surface area contributed by atoms with Crippen LogP contribution in [-0.4, -0.2) is 25.3 Å². The standard InChI is InChI=1S/C17H9F3N4O2/c18-17(19,20)13-11(8-9-4-3-7-21-14(9)22-13)16-24-23-15(26-16)10-5-1-2-6-12(10)25/h1-8,25H. The number of nitrogens with zero attached hydrogens (tertiary/aromatic N) is 4. The van der Waals surface area contributed by atoms with Crippen molar-refractivity contribution in [2.24, 2.45) is 0 Å². The van der Waals surface area contributed by atoms with Crippen molar-refractivity contribution in [3.8, 4) is 28.7 Å². The molecule has 3 heterocycles. The maximum atomic E-state index is 13.4. The Labute approximate surface area is 144 Å². The molecule has 4 aromatic rings. The van der Waals surface area contributed by atoms with E-state index in [0.717, 1.165) is 0 Å². The number of aromatic hydroxyl groups is 1. The fourth-order valence-electron chi connectivity index (χ4n) is 2.48. The van der Waals surface area contributed by atoms with E-state index in [1.54, 1.807) is 24.3 Å². The van der Waals surface area contributed by atoms with Crippen molar-refractivity contribution < 1.29 is 22.7 Å².